The number of esters is 1. The van der Waals surface area contributed by atoms with Gasteiger partial charge in [0.25, 0.3) is 5.91 Å². The molecule has 0 aliphatic rings. The van der Waals surface area contributed by atoms with Gasteiger partial charge < -0.3 is 10.1 Å². The van der Waals surface area contributed by atoms with Crippen molar-refractivity contribution in [3.05, 3.63) is 59.4 Å². The van der Waals surface area contributed by atoms with Gasteiger partial charge >= 0.3 is 5.97 Å². The molecule has 2 N–H and O–H groups in total. The molecule has 0 aliphatic carbocycles. The van der Waals surface area contributed by atoms with Gasteiger partial charge in [0, 0.05) is 10.7 Å². The van der Waals surface area contributed by atoms with Gasteiger partial charge in [0.1, 0.15) is 12.4 Å². The van der Waals surface area contributed by atoms with Crippen molar-refractivity contribution in [1.29, 1.82) is 0 Å². The highest BCUT2D eigenvalue weighted by atomic mass is 35.5. The number of carbonyl (C=O) groups excluding carboxylic acids is 2. The summed E-state index contributed by atoms with van der Waals surface area (Å²) in [5.41, 5.74) is 0.462. The number of carbonyl (C=O) groups is 2. The van der Waals surface area contributed by atoms with E-state index in [-0.39, 0.29) is 4.90 Å². The zero-order valence-electron chi connectivity index (χ0n) is 14.1. The summed E-state index contributed by atoms with van der Waals surface area (Å²) in [6.07, 6.45) is -1.15. The number of hydrogen-bond acceptors (Lipinski definition) is 5. The van der Waals surface area contributed by atoms with E-state index in [4.69, 9.17) is 16.3 Å². The summed E-state index contributed by atoms with van der Waals surface area (Å²) in [5, 5.41) is 3.03. The Kier molecular flexibility index (Phi) is 6.89. The van der Waals surface area contributed by atoms with Crippen molar-refractivity contribution in [1.82, 2.24) is 4.72 Å². The molecule has 1 atom stereocenters. The molecule has 0 aromatic heterocycles. The van der Waals surface area contributed by atoms with Crippen LogP contribution in [0.5, 0.6) is 0 Å². The topological polar surface area (TPSA) is 102 Å². The first-order valence-corrected chi connectivity index (χ1v) is 9.54. The van der Waals surface area contributed by atoms with Crippen molar-refractivity contribution in [3.8, 4) is 0 Å². The molecule has 2 aromatic carbocycles. The molecule has 2 rings (SSSR count). The molecule has 1 unspecified atom stereocenters. The van der Waals surface area contributed by atoms with E-state index in [0.717, 1.165) is 24.3 Å². The molecule has 0 aliphatic heterocycles. The van der Waals surface area contributed by atoms with Crippen molar-refractivity contribution in [2.75, 3.05) is 11.9 Å². The third-order valence-electron chi connectivity index (χ3n) is 3.32. The van der Waals surface area contributed by atoms with Gasteiger partial charge in [-0.1, -0.05) is 11.6 Å². The third-order valence-corrected chi connectivity index (χ3v) is 4.99. The lowest BCUT2D eigenvalue weighted by atomic mass is 10.3. The lowest BCUT2D eigenvalue weighted by Crippen LogP contribution is -2.35. The van der Waals surface area contributed by atoms with E-state index < -0.39 is 40.4 Å². The van der Waals surface area contributed by atoms with E-state index in [2.05, 4.69) is 5.32 Å². The molecule has 0 heterocycles. The third kappa shape index (κ3) is 6.31. The number of ether oxygens (including phenoxy) is 1. The van der Waals surface area contributed by atoms with Gasteiger partial charge in [-0.15, -0.1) is 0 Å². The average molecular weight is 415 g/mol. The standard InChI is InChI=1S/C17H16ClFN2O5S/c1-11(17(23)21-14-6-2-12(18)3-7-14)26-16(22)10-20-27(24,25)15-8-4-13(19)5-9-15/h2-9,11,20H,10H2,1H3,(H,21,23). The second-order valence-electron chi connectivity index (χ2n) is 5.41. The SMILES string of the molecule is CC(OC(=O)CNS(=O)(=O)c1ccc(F)cc1)C(=O)Nc1ccc(Cl)cc1. The normalized spacial score (nSPS) is 12.3. The van der Waals surface area contributed by atoms with Gasteiger partial charge in [-0.05, 0) is 55.5 Å². The van der Waals surface area contributed by atoms with E-state index in [1.165, 1.54) is 6.92 Å². The maximum atomic E-state index is 12.9. The van der Waals surface area contributed by atoms with Crippen molar-refractivity contribution in [2.24, 2.45) is 0 Å². The molecule has 0 radical (unpaired) electrons. The molecule has 27 heavy (non-hydrogen) atoms. The van der Waals surface area contributed by atoms with Crippen LogP contribution in [-0.2, 0) is 24.3 Å². The molecule has 0 saturated heterocycles. The number of halogens is 2. The Labute approximate surface area is 160 Å². The highest BCUT2D eigenvalue weighted by Gasteiger charge is 2.20. The minimum absolute atomic E-state index is 0.203. The lowest BCUT2D eigenvalue weighted by Gasteiger charge is -2.14. The maximum absolute atomic E-state index is 12.9. The molecular formula is C17H16ClFN2O5S. The first-order valence-electron chi connectivity index (χ1n) is 7.68. The van der Waals surface area contributed by atoms with Gasteiger partial charge in [0.05, 0.1) is 4.90 Å². The summed E-state index contributed by atoms with van der Waals surface area (Å²) < 4.78 is 43.8. The van der Waals surface area contributed by atoms with Crippen molar-refractivity contribution in [2.45, 2.75) is 17.9 Å². The number of amides is 1. The van der Waals surface area contributed by atoms with Crippen LogP contribution in [0, 0.1) is 5.82 Å². The van der Waals surface area contributed by atoms with Crippen molar-refractivity contribution in [3.63, 3.8) is 0 Å². The summed E-state index contributed by atoms with van der Waals surface area (Å²) in [7, 11) is -4.01. The molecule has 144 valence electrons. The molecule has 2 aromatic rings. The Balaban J connectivity index is 1.86. The Hall–Kier alpha value is -2.49. The van der Waals surface area contributed by atoms with Crippen LogP contribution in [0.2, 0.25) is 5.02 Å². The summed E-state index contributed by atoms with van der Waals surface area (Å²) in [4.78, 5) is 23.6. The summed E-state index contributed by atoms with van der Waals surface area (Å²) in [6, 6.07) is 10.4. The predicted octanol–water partition coefficient (Wildman–Crippen LogP) is 2.33. The van der Waals surface area contributed by atoms with Gasteiger partial charge in [0.15, 0.2) is 6.10 Å². The molecule has 10 heteroatoms. The molecule has 0 saturated carbocycles. The van der Waals surface area contributed by atoms with Crippen LogP contribution >= 0.6 is 11.6 Å². The van der Waals surface area contributed by atoms with Gasteiger partial charge in [-0.2, -0.15) is 4.72 Å². The van der Waals surface area contributed by atoms with Crippen molar-refractivity contribution >= 4 is 39.2 Å². The molecule has 1 amide bonds. The Bertz CT molecular complexity index is 917. The van der Waals surface area contributed by atoms with Crippen LogP contribution in [-0.4, -0.2) is 32.9 Å². The van der Waals surface area contributed by atoms with E-state index in [0.29, 0.717) is 10.7 Å². The smallest absolute Gasteiger partial charge is 0.321 e. The first-order chi connectivity index (χ1) is 12.7. The monoisotopic (exact) mass is 414 g/mol. The van der Waals surface area contributed by atoms with Crippen LogP contribution in [0.1, 0.15) is 6.92 Å². The molecule has 7 nitrogen and oxygen atoms in total. The number of sulfonamides is 1. The van der Waals surface area contributed by atoms with Crippen LogP contribution in [0.25, 0.3) is 0 Å². The average Bonchev–Trinajstić information content (AvgIpc) is 2.62. The number of hydrogen-bond donors (Lipinski definition) is 2. The zero-order chi connectivity index (χ0) is 20.0. The fourth-order valence-corrected chi connectivity index (χ4v) is 3.02. The zero-order valence-corrected chi connectivity index (χ0v) is 15.7. The van der Waals surface area contributed by atoms with Gasteiger partial charge in [-0.25, -0.2) is 12.8 Å². The van der Waals surface area contributed by atoms with E-state index in [9.17, 15) is 22.4 Å². The fraction of sp³-hybridized carbons (Fsp3) is 0.176. The molecule has 0 fully saturated rings. The molecule has 0 bridgehead atoms. The Morgan fingerprint density at radius 1 is 1.11 bits per heavy atom. The minimum Gasteiger partial charge on any atom is -0.452 e. The quantitative estimate of drug-likeness (QED) is 0.677. The van der Waals surface area contributed by atoms with Crippen LogP contribution in [0.4, 0.5) is 10.1 Å². The highest BCUT2D eigenvalue weighted by Crippen LogP contribution is 2.14. The molecule has 0 spiro atoms. The maximum Gasteiger partial charge on any atom is 0.321 e. The second kappa shape index (κ2) is 8.94. The summed E-state index contributed by atoms with van der Waals surface area (Å²) >= 11 is 5.75. The van der Waals surface area contributed by atoms with Gasteiger partial charge in [0.2, 0.25) is 10.0 Å². The number of rotatable bonds is 7. The van der Waals surface area contributed by atoms with E-state index in [1.807, 2.05) is 4.72 Å². The Morgan fingerprint density at radius 3 is 2.30 bits per heavy atom. The largest absolute Gasteiger partial charge is 0.452 e. The van der Waals surface area contributed by atoms with Crippen LogP contribution in [0.15, 0.2) is 53.4 Å². The van der Waals surface area contributed by atoms with Gasteiger partial charge in [-0.3, -0.25) is 9.59 Å². The molecular weight excluding hydrogens is 399 g/mol. The van der Waals surface area contributed by atoms with Crippen molar-refractivity contribution < 1.29 is 27.1 Å². The van der Waals surface area contributed by atoms with E-state index >= 15 is 0 Å². The van der Waals surface area contributed by atoms with E-state index in [1.54, 1.807) is 24.3 Å². The van der Waals surface area contributed by atoms with Crippen LogP contribution in [0.3, 0.4) is 0 Å². The predicted molar refractivity (Wildman–Crippen MR) is 97.2 cm³/mol. The number of benzene rings is 2. The highest BCUT2D eigenvalue weighted by molar-refractivity contribution is 7.89. The van der Waals surface area contributed by atoms with Crippen LogP contribution < -0.4 is 10.0 Å². The fourth-order valence-electron chi connectivity index (χ4n) is 1.92. The second-order valence-corrected chi connectivity index (χ2v) is 7.61. The minimum atomic E-state index is -4.01. The Morgan fingerprint density at radius 2 is 1.70 bits per heavy atom. The number of nitrogens with one attached hydrogen (secondary N) is 2. The summed E-state index contributed by atoms with van der Waals surface area (Å²) in [6.45, 7) is 0.663. The summed E-state index contributed by atoms with van der Waals surface area (Å²) in [5.74, 6) is -2.12. The number of anilines is 1. The lowest BCUT2D eigenvalue weighted by molar-refractivity contribution is -0.151. The first kappa shape index (κ1) is 20.8.